The predicted octanol–water partition coefficient (Wildman–Crippen LogP) is 15.3. The van der Waals surface area contributed by atoms with Gasteiger partial charge < -0.3 is 15.3 Å². The molecule has 0 aliphatic rings. The average Bonchev–Trinajstić information content (AvgIpc) is 0.707. The minimum atomic E-state index is -8.74. The van der Waals surface area contributed by atoms with Gasteiger partial charge in [0.1, 0.15) is 0 Å². The molecule has 66 heteroatoms. The first kappa shape index (κ1) is 104. The van der Waals surface area contributed by atoms with Gasteiger partial charge in [0.15, 0.2) is 0 Å². The molecular weight excluding hydrogens is 1690 g/mol. The lowest BCUT2D eigenvalue weighted by Gasteiger charge is -2.42. The van der Waals surface area contributed by atoms with Crippen LogP contribution >= 0.6 is 0 Å². The third kappa shape index (κ3) is 18.9. The number of aliphatic hydroxyl groups excluding tert-OH is 2. The van der Waals surface area contributed by atoms with E-state index in [0.29, 0.717) is 12.8 Å². The summed E-state index contributed by atoms with van der Waals surface area (Å²) in [4.78, 5) is 0. The third-order valence-corrected chi connectivity index (χ3v) is 13.8. The van der Waals surface area contributed by atoms with Gasteiger partial charge in [0.25, 0.3) is 30.4 Å². The Morgan fingerprint density at radius 3 is 0.412 bits per heavy atom. The van der Waals surface area contributed by atoms with E-state index in [-0.39, 0.29) is 13.2 Å². The highest BCUT2D eigenvalue weighted by molar-refractivity contribution is 7.86. The average molecular weight is 1720 g/mol. The van der Waals surface area contributed by atoms with Gasteiger partial charge in [0, 0.05) is 32.5 Å². The van der Waals surface area contributed by atoms with Crippen LogP contribution < -0.4 is 0 Å². The largest absolute Gasteiger partial charge is 0.460 e. The molecule has 0 aromatic carbocycles. The summed E-state index contributed by atoms with van der Waals surface area (Å²) in [6, 6.07) is 0. The molecule has 0 aromatic heterocycles. The Kier molecular flexibility index (Phi) is 30.2. The van der Waals surface area contributed by atoms with Crippen LogP contribution in [0.15, 0.2) is 0 Å². The van der Waals surface area contributed by atoms with Crippen LogP contribution in [0.3, 0.4) is 0 Å². The lowest BCUT2D eigenvalue weighted by Crippen LogP contribution is -2.74. The minimum absolute atomic E-state index is 0.0347. The molecule has 0 aromatic rings. The molecule has 0 aliphatic heterocycles. The van der Waals surface area contributed by atoms with E-state index in [1.54, 1.807) is 6.92 Å². The fourth-order valence-corrected chi connectivity index (χ4v) is 6.98. The highest BCUT2D eigenvalue weighted by Crippen LogP contribution is 2.68. The maximum Gasteiger partial charge on any atom is 0.460 e. The summed E-state index contributed by atoms with van der Waals surface area (Å²) in [5, 5.41) is 26.0. The van der Waals surface area contributed by atoms with Gasteiger partial charge in [-0.3, -0.25) is 13.7 Å². The molecule has 0 atom stereocenters. The van der Waals surface area contributed by atoms with Gasteiger partial charge in [0.05, 0.1) is 22.9 Å². The van der Waals surface area contributed by atoms with Gasteiger partial charge in [0.2, 0.25) is 0 Å². The molecule has 0 saturated heterocycles. The zero-order chi connectivity index (χ0) is 85.1. The Balaban J connectivity index is -0.000000663. The first-order chi connectivity index (χ1) is 43.0. The van der Waals surface area contributed by atoms with Gasteiger partial charge in [-0.1, -0.05) is 0 Å². The molecule has 0 bridgehead atoms. The number of halogens is 51. The van der Waals surface area contributed by atoms with Crippen LogP contribution in [-0.2, 0) is 30.4 Å². The van der Waals surface area contributed by atoms with Crippen LogP contribution in [0.2, 0.25) is 0 Å². The molecule has 6 N–H and O–H groups in total. The topological polar surface area (TPSA) is 224 Å². The molecule has 0 aliphatic carbocycles. The molecule has 620 valence electrons. The maximum absolute atomic E-state index is 13.3. The fraction of sp³-hybridized carbons (Fsp3) is 1.00. The smallest absolute Gasteiger partial charge is 0.396 e. The predicted molar refractivity (Wildman–Crippen MR) is 219 cm³/mol. The molecule has 0 heterocycles. The molecule has 0 saturated carbocycles. The van der Waals surface area contributed by atoms with Crippen molar-refractivity contribution in [3.8, 4) is 0 Å². The second kappa shape index (κ2) is 29.5. The highest BCUT2D eigenvalue weighted by Gasteiger charge is 2.98. The lowest BCUT2D eigenvalue weighted by atomic mass is 9.88. The van der Waals surface area contributed by atoms with Crippen LogP contribution in [0.1, 0.15) is 39.0 Å². The normalized spacial score (nSPS) is 16.2. The number of aliphatic hydroxyl groups is 3. The van der Waals surface area contributed by atoms with Gasteiger partial charge in [-0.05, 0) is 19.8 Å². The zero-order valence-corrected chi connectivity index (χ0v) is 48.7. The van der Waals surface area contributed by atoms with E-state index < -0.39 is 215 Å². The molecule has 0 spiro atoms. The second-order valence-corrected chi connectivity index (χ2v) is 24.2. The van der Waals surface area contributed by atoms with Gasteiger partial charge in [-0.25, -0.2) is 0 Å². The summed E-state index contributed by atoms with van der Waals surface area (Å²) in [5.74, 6) is -181. The van der Waals surface area contributed by atoms with Crippen LogP contribution in [-0.4, -0.2) is 233 Å². The van der Waals surface area contributed by atoms with Gasteiger partial charge in [-0.15, -0.1) is 0 Å². The Morgan fingerprint density at radius 2 is 0.314 bits per heavy atom. The summed E-state index contributed by atoms with van der Waals surface area (Å²) in [5.41, 5.74) is -0.899. The summed E-state index contributed by atoms with van der Waals surface area (Å²) >= 11 is 0. The quantitative estimate of drug-likeness (QED) is 0.0282. The Hall–Kier alpha value is -3.96. The molecular formula is C36H29F51O12S3. The van der Waals surface area contributed by atoms with Crippen LogP contribution in [0.25, 0.3) is 0 Å². The molecule has 0 radical (unpaired) electrons. The fourth-order valence-electron chi connectivity index (χ4n) is 5.44. The second-order valence-electron chi connectivity index (χ2n) is 19.5. The molecule has 0 fully saturated rings. The third-order valence-electron chi connectivity index (χ3n) is 11.7. The molecule has 0 rings (SSSR count). The van der Waals surface area contributed by atoms with E-state index in [2.05, 4.69) is 0 Å². The Bertz CT molecular complexity index is 2790. The number of hydrogen-bond donors (Lipinski definition) is 6. The monoisotopic (exact) mass is 1720 g/mol. The highest BCUT2D eigenvalue weighted by atomic mass is 32.2. The molecule has 12 nitrogen and oxygen atoms in total. The van der Waals surface area contributed by atoms with Crippen molar-refractivity contribution in [3.05, 3.63) is 0 Å². The van der Waals surface area contributed by atoms with Crippen molar-refractivity contribution in [3.63, 3.8) is 0 Å². The number of rotatable bonds is 31. The molecule has 102 heavy (non-hydrogen) atoms. The van der Waals surface area contributed by atoms with E-state index in [4.69, 9.17) is 23.9 Å². The van der Waals surface area contributed by atoms with E-state index >= 15 is 0 Å². The minimum Gasteiger partial charge on any atom is -0.396 e. The van der Waals surface area contributed by atoms with Crippen molar-refractivity contribution in [1.82, 2.24) is 0 Å². The number of alkyl halides is 51. The van der Waals surface area contributed by atoms with Gasteiger partial charge >= 0.3 is 143 Å². The lowest BCUT2D eigenvalue weighted by molar-refractivity contribution is -0.461. The first-order valence-electron chi connectivity index (χ1n) is 22.9. The molecule has 0 amide bonds. The van der Waals surface area contributed by atoms with Crippen LogP contribution in [0.5, 0.6) is 0 Å². The first-order valence-corrected chi connectivity index (χ1v) is 27.8. The number of hydrogen-bond acceptors (Lipinski definition) is 9. The molecule has 0 unspecified atom stereocenters. The Labute approximate surface area is 526 Å². The van der Waals surface area contributed by atoms with E-state index in [0.717, 1.165) is 0 Å². The SMILES string of the molecule is CC(O)(CCO)CCO.O=S(=O)(O)CCC(F)(F)C(F)(F)C(F)(F)C(F)(F)C(F)(F)C(F)(F)C(F)(F)C(F)(F)F.O=S(=O)(O)CCC(F)(F)C(F)(F)C(F)(F)C(F)(F)C(F)(F)C(F)(F)C(F)(F)C(F)(F)F.O=S(=O)(O)CCC(F)(F)C(F)(F)C(F)(F)C(F)(F)C(F)(F)C(F)(F)C(F)(F)C(F)(F)F. The van der Waals surface area contributed by atoms with Crippen LogP contribution in [0.4, 0.5) is 224 Å². The summed E-state index contributed by atoms with van der Waals surface area (Å²) in [6.45, 7) is 1.53. The van der Waals surface area contributed by atoms with E-state index in [1.807, 2.05) is 0 Å². The van der Waals surface area contributed by atoms with Crippen molar-refractivity contribution in [2.24, 2.45) is 0 Å². The summed E-state index contributed by atoms with van der Waals surface area (Å²) in [7, 11) is -17.2. The maximum atomic E-state index is 13.3. The summed E-state index contributed by atoms with van der Waals surface area (Å²) in [6.07, 6.45) is -32.6. The van der Waals surface area contributed by atoms with Crippen molar-refractivity contribution < 1.29 is 278 Å². The summed E-state index contributed by atoms with van der Waals surface area (Å²) < 4.78 is 741. The zero-order valence-electron chi connectivity index (χ0n) is 46.2. The van der Waals surface area contributed by atoms with E-state index in [1.165, 1.54) is 0 Å². The van der Waals surface area contributed by atoms with Gasteiger partial charge in [-0.2, -0.15) is 249 Å². The van der Waals surface area contributed by atoms with Crippen molar-refractivity contribution in [2.75, 3.05) is 30.5 Å². The van der Waals surface area contributed by atoms with E-state index in [9.17, 15) is 254 Å². The van der Waals surface area contributed by atoms with Crippen molar-refractivity contribution >= 4 is 30.4 Å². The standard InChI is InChI=1S/3C10H5F17O3S.C6H14O3/c3*11-3(12,1-2-31(28,29)30)4(13,14)5(15,16)6(17,18)7(19,20)8(21,22)9(23,24)10(25,26)27;1-6(9,2-4-7)3-5-8/h3*1-2H2,(H,28,29,30);7-9H,2-5H2,1H3. The van der Waals surface area contributed by atoms with Crippen molar-refractivity contribution in [2.45, 2.75) is 188 Å². The van der Waals surface area contributed by atoms with Crippen LogP contribution in [0, 0.1) is 0 Å². The Morgan fingerprint density at radius 1 is 0.206 bits per heavy atom. The van der Waals surface area contributed by atoms with Crippen molar-refractivity contribution in [1.29, 1.82) is 0 Å².